The third kappa shape index (κ3) is 5.16. The van der Waals surface area contributed by atoms with Crippen molar-refractivity contribution in [2.24, 2.45) is 5.92 Å². The highest BCUT2D eigenvalue weighted by Gasteiger charge is 2.25. The Labute approximate surface area is 155 Å². The van der Waals surface area contributed by atoms with Gasteiger partial charge in [0, 0.05) is 5.69 Å². The van der Waals surface area contributed by atoms with Crippen LogP contribution in [0.2, 0.25) is 0 Å². The van der Waals surface area contributed by atoms with Gasteiger partial charge in [0.05, 0.1) is 10.6 Å². The summed E-state index contributed by atoms with van der Waals surface area (Å²) in [5, 5.41) is 8.68. The lowest BCUT2D eigenvalue weighted by atomic mass is 10.0. The van der Waals surface area contributed by atoms with Gasteiger partial charge < -0.3 is 5.32 Å². The zero-order chi connectivity index (χ0) is 19.3. The average molecular weight is 377 g/mol. The van der Waals surface area contributed by atoms with E-state index in [2.05, 4.69) is 21.3 Å². The van der Waals surface area contributed by atoms with Crippen LogP contribution in [0.4, 0.5) is 0 Å². The van der Waals surface area contributed by atoms with Gasteiger partial charge in [0.1, 0.15) is 12.6 Å². The number of hydrazine groups is 1. The Morgan fingerprint density at radius 3 is 2.50 bits per heavy atom. The minimum absolute atomic E-state index is 0.00610. The van der Waals surface area contributed by atoms with Gasteiger partial charge >= 0.3 is 0 Å². The third-order valence-electron chi connectivity index (χ3n) is 3.70. The number of nitrogens with one attached hydrogen (secondary N) is 3. The second-order valence-corrected chi connectivity index (χ2v) is 7.24. The molecule has 0 aromatic carbocycles. The lowest BCUT2D eigenvalue weighted by Gasteiger charge is -2.21. The Kier molecular flexibility index (Phi) is 6.51. The maximum absolute atomic E-state index is 12.4. The summed E-state index contributed by atoms with van der Waals surface area (Å²) in [6.45, 7) is 7.31. The molecule has 0 saturated heterocycles. The van der Waals surface area contributed by atoms with E-state index in [0.717, 1.165) is 11.4 Å². The molecule has 9 heteroatoms. The molecule has 8 nitrogen and oxygen atoms in total. The zero-order valence-electron chi connectivity index (χ0n) is 15.2. The maximum Gasteiger partial charge on any atom is 0.262 e. The van der Waals surface area contributed by atoms with Crippen LogP contribution in [0.25, 0.3) is 0 Å². The van der Waals surface area contributed by atoms with E-state index >= 15 is 0 Å². The smallest absolute Gasteiger partial charge is 0.262 e. The van der Waals surface area contributed by atoms with E-state index in [9.17, 15) is 14.4 Å². The molecule has 0 bridgehead atoms. The molecule has 3 N–H and O–H groups in total. The van der Waals surface area contributed by atoms with Gasteiger partial charge in [-0.15, -0.1) is 11.3 Å². The number of hydrogen-bond acceptors (Lipinski definition) is 5. The van der Waals surface area contributed by atoms with Crippen molar-refractivity contribution in [1.29, 1.82) is 0 Å². The predicted octanol–water partition coefficient (Wildman–Crippen LogP) is 1.16. The van der Waals surface area contributed by atoms with Crippen LogP contribution in [0.3, 0.4) is 0 Å². The Balaban J connectivity index is 1.89. The van der Waals surface area contributed by atoms with Gasteiger partial charge in [0.25, 0.3) is 17.7 Å². The summed E-state index contributed by atoms with van der Waals surface area (Å²) in [5.41, 5.74) is 6.40. The molecule has 2 aromatic heterocycles. The molecule has 0 fully saturated rings. The fourth-order valence-electron chi connectivity index (χ4n) is 2.37. The van der Waals surface area contributed by atoms with Crippen LogP contribution in [-0.4, -0.2) is 33.5 Å². The van der Waals surface area contributed by atoms with Crippen LogP contribution in [-0.2, 0) is 16.1 Å². The van der Waals surface area contributed by atoms with Crippen molar-refractivity contribution in [2.45, 2.75) is 40.3 Å². The summed E-state index contributed by atoms with van der Waals surface area (Å²) in [6.07, 6.45) is 0. The molecule has 2 heterocycles. The summed E-state index contributed by atoms with van der Waals surface area (Å²) in [7, 11) is 0. The molecular formula is C17H23N5O3S. The lowest BCUT2D eigenvalue weighted by molar-refractivity contribution is -0.130. The molecule has 0 saturated carbocycles. The van der Waals surface area contributed by atoms with Crippen LogP contribution in [0.15, 0.2) is 23.6 Å². The topological polar surface area (TPSA) is 105 Å². The van der Waals surface area contributed by atoms with Gasteiger partial charge in [-0.1, -0.05) is 19.9 Å². The van der Waals surface area contributed by atoms with Crippen molar-refractivity contribution in [3.63, 3.8) is 0 Å². The molecule has 0 aliphatic carbocycles. The number of carbonyl (C=O) groups is 3. The third-order valence-corrected chi connectivity index (χ3v) is 4.57. The highest BCUT2D eigenvalue weighted by molar-refractivity contribution is 7.12. The summed E-state index contributed by atoms with van der Waals surface area (Å²) in [4.78, 5) is 37.1. The largest absolute Gasteiger partial charge is 0.339 e. The molecule has 0 aliphatic rings. The van der Waals surface area contributed by atoms with Crippen molar-refractivity contribution in [2.75, 3.05) is 0 Å². The summed E-state index contributed by atoms with van der Waals surface area (Å²) in [6, 6.07) is 4.55. The monoisotopic (exact) mass is 377 g/mol. The molecule has 1 atom stereocenters. The molecule has 3 amide bonds. The van der Waals surface area contributed by atoms with E-state index < -0.39 is 17.9 Å². The number of aryl methyl sites for hydroxylation is 2. The Morgan fingerprint density at radius 1 is 1.23 bits per heavy atom. The van der Waals surface area contributed by atoms with Crippen LogP contribution >= 0.6 is 11.3 Å². The minimum Gasteiger partial charge on any atom is -0.339 e. The number of aromatic nitrogens is 2. The van der Waals surface area contributed by atoms with E-state index in [-0.39, 0.29) is 18.4 Å². The molecule has 0 radical (unpaired) electrons. The standard InChI is InChI=1S/C17H23N5O3S/c1-10(2)15(18-16(24)13-6-5-7-26-13)17(25)20-19-14(23)9-22-12(4)8-11(3)21-22/h5-8,10,15H,9H2,1-4H3,(H,18,24)(H,19,23)(H,20,25). The lowest BCUT2D eigenvalue weighted by Crippen LogP contribution is -2.54. The SMILES string of the molecule is Cc1cc(C)n(CC(=O)NNC(=O)C(NC(=O)c2cccs2)C(C)C)n1. The van der Waals surface area contributed by atoms with Crippen LogP contribution in [0, 0.1) is 19.8 Å². The fraction of sp³-hybridized carbons (Fsp3) is 0.412. The van der Waals surface area contributed by atoms with Crippen LogP contribution < -0.4 is 16.2 Å². The first-order chi connectivity index (χ1) is 12.3. The summed E-state index contributed by atoms with van der Waals surface area (Å²) >= 11 is 1.30. The van der Waals surface area contributed by atoms with Gasteiger partial charge in [0.2, 0.25) is 0 Å². The van der Waals surface area contributed by atoms with Crippen molar-refractivity contribution in [3.05, 3.63) is 39.8 Å². The van der Waals surface area contributed by atoms with E-state index in [4.69, 9.17) is 0 Å². The second-order valence-electron chi connectivity index (χ2n) is 6.29. The average Bonchev–Trinajstić information content (AvgIpc) is 3.20. The first kappa shape index (κ1) is 19.6. The Morgan fingerprint density at radius 2 is 1.96 bits per heavy atom. The van der Waals surface area contributed by atoms with Gasteiger partial charge in [-0.25, -0.2) is 0 Å². The predicted molar refractivity (Wildman–Crippen MR) is 98.4 cm³/mol. The van der Waals surface area contributed by atoms with Gasteiger partial charge in [0.15, 0.2) is 0 Å². The van der Waals surface area contributed by atoms with Crippen molar-refractivity contribution < 1.29 is 14.4 Å². The maximum atomic E-state index is 12.4. The number of carbonyl (C=O) groups excluding carboxylic acids is 3. The molecular weight excluding hydrogens is 354 g/mol. The second kappa shape index (κ2) is 8.61. The number of rotatable bonds is 6. The molecule has 140 valence electrons. The normalized spacial score (nSPS) is 11.9. The quantitative estimate of drug-likeness (QED) is 0.657. The number of amides is 3. The first-order valence-corrected chi connectivity index (χ1v) is 9.10. The van der Waals surface area contributed by atoms with E-state index in [1.807, 2.05) is 33.8 Å². The first-order valence-electron chi connectivity index (χ1n) is 8.22. The number of hydrogen-bond donors (Lipinski definition) is 3. The highest BCUT2D eigenvalue weighted by Crippen LogP contribution is 2.10. The zero-order valence-corrected chi connectivity index (χ0v) is 16.0. The minimum atomic E-state index is -0.765. The van der Waals surface area contributed by atoms with Crippen LogP contribution in [0.1, 0.15) is 34.9 Å². The van der Waals surface area contributed by atoms with Gasteiger partial charge in [-0.2, -0.15) is 5.10 Å². The van der Waals surface area contributed by atoms with Crippen molar-refractivity contribution in [3.8, 4) is 0 Å². The molecule has 0 spiro atoms. The van der Waals surface area contributed by atoms with E-state index in [1.54, 1.807) is 22.2 Å². The fourth-order valence-corrected chi connectivity index (χ4v) is 3.00. The van der Waals surface area contributed by atoms with Gasteiger partial charge in [-0.05, 0) is 37.3 Å². The number of thiophene rings is 1. The van der Waals surface area contributed by atoms with E-state index in [0.29, 0.717) is 4.88 Å². The molecule has 0 aliphatic heterocycles. The Bertz CT molecular complexity index is 782. The molecule has 26 heavy (non-hydrogen) atoms. The van der Waals surface area contributed by atoms with Crippen LogP contribution in [0.5, 0.6) is 0 Å². The number of nitrogens with zero attached hydrogens (tertiary/aromatic N) is 2. The molecule has 1 unspecified atom stereocenters. The summed E-state index contributed by atoms with van der Waals surface area (Å²) < 4.78 is 1.55. The Hall–Kier alpha value is -2.68. The summed E-state index contributed by atoms with van der Waals surface area (Å²) in [5.74, 6) is -1.35. The van der Waals surface area contributed by atoms with E-state index in [1.165, 1.54) is 11.3 Å². The molecule has 2 aromatic rings. The van der Waals surface area contributed by atoms with Crippen molar-refractivity contribution >= 4 is 29.1 Å². The van der Waals surface area contributed by atoms with Gasteiger partial charge in [-0.3, -0.25) is 29.9 Å². The molecule has 2 rings (SSSR count). The van der Waals surface area contributed by atoms with Crippen molar-refractivity contribution in [1.82, 2.24) is 25.9 Å². The highest BCUT2D eigenvalue weighted by atomic mass is 32.1.